The molecule has 1 saturated heterocycles. The lowest BCUT2D eigenvalue weighted by Gasteiger charge is -2.24. The van der Waals surface area contributed by atoms with Crippen molar-refractivity contribution in [2.75, 3.05) is 19.7 Å². The summed E-state index contributed by atoms with van der Waals surface area (Å²) in [5.74, 6) is -0.233. The van der Waals surface area contributed by atoms with Gasteiger partial charge in [0.1, 0.15) is 5.82 Å². The van der Waals surface area contributed by atoms with Crippen LogP contribution >= 0.6 is 15.9 Å². The summed E-state index contributed by atoms with van der Waals surface area (Å²) in [6, 6.07) is 4.85. The fourth-order valence-corrected chi connectivity index (χ4v) is 2.02. The number of ether oxygens (including phenoxy) is 1. The summed E-state index contributed by atoms with van der Waals surface area (Å²) in [4.78, 5) is 0. The van der Waals surface area contributed by atoms with Crippen LogP contribution in [0.5, 0.6) is 0 Å². The zero-order chi connectivity index (χ0) is 9.97. The van der Waals surface area contributed by atoms with Gasteiger partial charge >= 0.3 is 0 Å². The molecule has 0 radical (unpaired) electrons. The summed E-state index contributed by atoms with van der Waals surface area (Å²) in [6.07, 6.45) is -0.0317. The Bertz CT molecular complexity index is 306. The smallest absolute Gasteiger partial charge is 0.124 e. The topological polar surface area (TPSA) is 21.3 Å². The molecule has 0 saturated carbocycles. The molecule has 1 aliphatic heterocycles. The van der Waals surface area contributed by atoms with Crippen molar-refractivity contribution in [3.05, 3.63) is 34.1 Å². The monoisotopic (exact) mass is 259 g/mol. The average molecular weight is 260 g/mol. The van der Waals surface area contributed by atoms with Gasteiger partial charge < -0.3 is 10.1 Å². The van der Waals surface area contributed by atoms with Crippen LogP contribution in [0.15, 0.2) is 22.7 Å². The normalized spacial score (nSPS) is 22.3. The lowest BCUT2D eigenvalue weighted by molar-refractivity contribution is 0.0275. The van der Waals surface area contributed by atoms with E-state index in [9.17, 15) is 4.39 Å². The van der Waals surface area contributed by atoms with Crippen LogP contribution in [-0.2, 0) is 4.74 Å². The molecule has 14 heavy (non-hydrogen) atoms. The van der Waals surface area contributed by atoms with E-state index in [1.165, 1.54) is 12.1 Å². The van der Waals surface area contributed by atoms with Gasteiger partial charge in [-0.25, -0.2) is 4.39 Å². The Hall–Kier alpha value is -0.450. The molecule has 1 aromatic carbocycles. The van der Waals surface area contributed by atoms with E-state index >= 15 is 0 Å². The summed E-state index contributed by atoms with van der Waals surface area (Å²) in [5, 5.41) is 3.21. The standard InChI is InChI=1S/C10H11BrFNO/c11-8-3-7(4-9(12)5-8)10-6-13-1-2-14-10/h3-5,10,13H,1-2,6H2. The van der Waals surface area contributed by atoms with Gasteiger partial charge in [-0.2, -0.15) is 0 Å². The maximum Gasteiger partial charge on any atom is 0.124 e. The van der Waals surface area contributed by atoms with Crippen LogP contribution in [0.2, 0.25) is 0 Å². The highest BCUT2D eigenvalue weighted by Crippen LogP contribution is 2.23. The molecule has 2 nitrogen and oxygen atoms in total. The Balaban J connectivity index is 2.21. The van der Waals surface area contributed by atoms with E-state index in [1.807, 2.05) is 6.07 Å². The largest absolute Gasteiger partial charge is 0.371 e. The van der Waals surface area contributed by atoms with Crippen molar-refractivity contribution in [3.8, 4) is 0 Å². The van der Waals surface area contributed by atoms with E-state index < -0.39 is 0 Å². The van der Waals surface area contributed by atoms with E-state index in [4.69, 9.17) is 4.74 Å². The van der Waals surface area contributed by atoms with Gasteiger partial charge in [0.15, 0.2) is 0 Å². The fraction of sp³-hybridized carbons (Fsp3) is 0.400. The van der Waals surface area contributed by atoms with Crippen LogP contribution in [0.1, 0.15) is 11.7 Å². The fourth-order valence-electron chi connectivity index (χ4n) is 1.54. The molecule has 0 amide bonds. The third-order valence-electron chi connectivity index (χ3n) is 2.18. The van der Waals surface area contributed by atoms with Gasteiger partial charge in [0.05, 0.1) is 12.7 Å². The molecule has 0 bridgehead atoms. The van der Waals surface area contributed by atoms with Crippen LogP contribution in [0, 0.1) is 5.82 Å². The molecule has 1 unspecified atom stereocenters. The third kappa shape index (κ3) is 2.32. The second kappa shape index (κ2) is 4.38. The molecule has 1 heterocycles. The first-order valence-electron chi connectivity index (χ1n) is 4.54. The quantitative estimate of drug-likeness (QED) is 0.836. The third-order valence-corrected chi connectivity index (χ3v) is 2.64. The zero-order valence-electron chi connectivity index (χ0n) is 7.59. The maximum atomic E-state index is 13.1. The summed E-state index contributed by atoms with van der Waals surface area (Å²) in [5.41, 5.74) is 0.879. The van der Waals surface area contributed by atoms with Gasteiger partial charge in [-0.15, -0.1) is 0 Å². The van der Waals surface area contributed by atoms with Crippen molar-refractivity contribution in [1.29, 1.82) is 0 Å². The van der Waals surface area contributed by atoms with E-state index in [1.54, 1.807) is 0 Å². The van der Waals surface area contributed by atoms with Crippen molar-refractivity contribution in [2.24, 2.45) is 0 Å². The molecule has 1 atom stereocenters. The summed E-state index contributed by atoms with van der Waals surface area (Å²) in [7, 11) is 0. The molecule has 0 aliphatic carbocycles. The van der Waals surface area contributed by atoms with Crippen LogP contribution in [-0.4, -0.2) is 19.7 Å². The minimum atomic E-state index is -0.233. The first kappa shape index (κ1) is 10.1. The predicted molar refractivity (Wildman–Crippen MR) is 55.7 cm³/mol. The van der Waals surface area contributed by atoms with Gasteiger partial charge in [-0.3, -0.25) is 0 Å². The summed E-state index contributed by atoms with van der Waals surface area (Å²) in [6.45, 7) is 2.29. The molecule has 1 aliphatic rings. The first-order valence-corrected chi connectivity index (χ1v) is 5.33. The van der Waals surface area contributed by atoms with Gasteiger partial charge in [0.2, 0.25) is 0 Å². The highest BCUT2D eigenvalue weighted by Gasteiger charge is 2.16. The number of nitrogens with one attached hydrogen (secondary N) is 1. The van der Waals surface area contributed by atoms with Gasteiger partial charge in [0, 0.05) is 17.6 Å². The van der Waals surface area contributed by atoms with Crippen LogP contribution in [0.3, 0.4) is 0 Å². The number of hydrogen-bond acceptors (Lipinski definition) is 2. The summed E-state index contributed by atoms with van der Waals surface area (Å²) >= 11 is 3.26. The van der Waals surface area contributed by atoms with Crippen molar-refractivity contribution >= 4 is 15.9 Å². The average Bonchev–Trinajstić information content (AvgIpc) is 2.18. The summed E-state index contributed by atoms with van der Waals surface area (Å²) < 4.78 is 19.4. The minimum absolute atomic E-state index is 0.0317. The van der Waals surface area contributed by atoms with Crippen molar-refractivity contribution < 1.29 is 9.13 Å². The highest BCUT2D eigenvalue weighted by molar-refractivity contribution is 9.10. The number of rotatable bonds is 1. The van der Waals surface area contributed by atoms with E-state index in [2.05, 4.69) is 21.2 Å². The second-order valence-electron chi connectivity index (χ2n) is 3.27. The van der Waals surface area contributed by atoms with Crippen molar-refractivity contribution in [1.82, 2.24) is 5.32 Å². The van der Waals surface area contributed by atoms with Crippen LogP contribution < -0.4 is 5.32 Å². The lowest BCUT2D eigenvalue weighted by Crippen LogP contribution is -2.33. The van der Waals surface area contributed by atoms with Crippen molar-refractivity contribution in [2.45, 2.75) is 6.10 Å². The SMILES string of the molecule is Fc1cc(Br)cc(C2CNCCO2)c1. The molecule has 1 aromatic rings. The zero-order valence-corrected chi connectivity index (χ0v) is 9.18. The molecule has 1 N–H and O–H groups in total. The number of benzene rings is 1. The minimum Gasteiger partial charge on any atom is -0.371 e. The maximum absolute atomic E-state index is 13.1. The van der Waals surface area contributed by atoms with Crippen LogP contribution in [0.4, 0.5) is 4.39 Å². The number of halogens is 2. The highest BCUT2D eigenvalue weighted by atomic mass is 79.9. The molecule has 2 rings (SSSR count). The van der Waals surface area contributed by atoms with Gasteiger partial charge in [-0.05, 0) is 23.8 Å². The van der Waals surface area contributed by atoms with Gasteiger partial charge in [0.25, 0.3) is 0 Å². The molecule has 1 fully saturated rings. The van der Waals surface area contributed by atoms with E-state index in [0.717, 1.165) is 23.1 Å². The molecule has 0 aromatic heterocycles. The number of hydrogen-bond donors (Lipinski definition) is 1. The Morgan fingerprint density at radius 3 is 2.93 bits per heavy atom. The second-order valence-corrected chi connectivity index (χ2v) is 4.18. The molecule has 4 heteroatoms. The van der Waals surface area contributed by atoms with Gasteiger partial charge in [-0.1, -0.05) is 15.9 Å². The van der Waals surface area contributed by atoms with Crippen molar-refractivity contribution in [3.63, 3.8) is 0 Å². The molecule has 76 valence electrons. The molecule has 0 spiro atoms. The Kier molecular flexibility index (Phi) is 3.15. The lowest BCUT2D eigenvalue weighted by atomic mass is 10.1. The number of morpholine rings is 1. The molecular weight excluding hydrogens is 249 g/mol. The van der Waals surface area contributed by atoms with Crippen LogP contribution in [0.25, 0.3) is 0 Å². The first-order chi connectivity index (χ1) is 6.75. The Morgan fingerprint density at radius 2 is 2.29 bits per heavy atom. The Morgan fingerprint density at radius 1 is 1.43 bits per heavy atom. The van der Waals surface area contributed by atoms with E-state index in [-0.39, 0.29) is 11.9 Å². The predicted octanol–water partition coefficient (Wildman–Crippen LogP) is 2.25. The molecular formula is C10H11BrFNO. The Labute approximate surface area is 90.6 Å². The van der Waals surface area contributed by atoms with E-state index in [0.29, 0.717) is 6.61 Å².